The standard InChI is InChI=1S/C26H30N2O3S/c1-20-13-17-24(18-14-20)32(30,31)28-25(19-23-11-7-4-8-12-23)26(29)27-21(2)15-16-22-9-5-3-6-10-22/h3-14,17-18,21,25,28H,15-16,19H2,1-2H3,(H,27,29)/t21-,25+/m1/s1. The van der Waals surface area contributed by atoms with E-state index in [2.05, 4.69) is 22.2 Å². The van der Waals surface area contributed by atoms with Crippen molar-refractivity contribution in [1.29, 1.82) is 0 Å². The van der Waals surface area contributed by atoms with Crippen LogP contribution in [0.5, 0.6) is 0 Å². The number of benzene rings is 3. The smallest absolute Gasteiger partial charge is 0.241 e. The lowest BCUT2D eigenvalue weighted by atomic mass is 10.0. The Morgan fingerprint density at radius 3 is 2.00 bits per heavy atom. The Labute approximate surface area is 190 Å². The van der Waals surface area contributed by atoms with Gasteiger partial charge in [-0.25, -0.2) is 8.42 Å². The molecule has 168 valence electrons. The Balaban J connectivity index is 1.71. The summed E-state index contributed by atoms with van der Waals surface area (Å²) in [6.07, 6.45) is 1.86. The zero-order valence-electron chi connectivity index (χ0n) is 18.5. The first-order chi connectivity index (χ1) is 15.3. The van der Waals surface area contributed by atoms with Gasteiger partial charge in [-0.15, -0.1) is 0 Å². The van der Waals surface area contributed by atoms with Gasteiger partial charge in [-0.2, -0.15) is 4.72 Å². The van der Waals surface area contributed by atoms with Gasteiger partial charge in [0.2, 0.25) is 15.9 Å². The van der Waals surface area contributed by atoms with Gasteiger partial charge in [0.25, 0.3) is 0 Å². The van der Waals surface area contributed by atoms with E-state index in [1.54, 1.807) is 24.3 Å². The number of carbonyl (C=O) groups is 1. The predicted molar refractivity (Wildman–Crippen MR) is 128 cm³/mol. The number of hydrogen-bond acceptors (Lipinski definition) is 3. The molecule has 2 N–H and O–H groups in total. The molecule has 0 bridgehead atoms. The van der Waals surface area contributed by atoms with Crippen LogP contribution in [0.3, 0.4) is 0 Å². The van der Waals surface area contributed by atoms with Crippen molar-refractivity contribution < 1.29 is 13.2 Å². The molecule has 6 heteroatoms. The Morgan fingerprint density at radius 1 is 0.844 bits per heavy atom. The van der Waals surface area contributed by atoms with Crippen molar-refractivity contribution in [2.75, 3.05) is 0 Å². The van der Waals surface area contributed by atoms with Crippen LogP contribution in [0, 0.1) is 6.92 Å². The van der Waals surface area contributed by atoms with E-state index in [1.807, 2.05) is 62.4 Å². The maximum atomic E-state index is 13.1. The van der Waals surface area contributed by atoms with Crippen molar-refractivity contribution in [2.45, 2.75) is 50.1 Å². The number of sulfonamides is 1. The van der Waals surface area contributed by atoms with Gasteiger partial charge in [0.05, 0.1) is 4.90 Å². The number of amides is 1. The summed E-state index contributed by atoms with van der Waals surface area (Å²) in [4.78, 5) is 13.2. The zero-order valence-corrected chi connectivity index (χ0v) is 19.3. The molecule has 0 radical (unpaired) electrons. The molecule has 32 heavy (non-hydrogen) atoms. The first-order valence-electron chi connectivity index (χ1n) is 10.8. The molecule has 3 aromatic carbocycles. The van der Waals surface area contributed by atoms with E-state index >= 15 is 0 Å². The summed E-state index contributed by atoms with van der Waals surface area (Å²) in [5.41, 5.74) is 3.06. The van der Waals surface area contributed by atoms with Crippen molar-refractivity contribution in [3.8, 4) is 0 Å². The van der Waals surface area contributed by atoms with Crippen molar-refractivity contribution >= 4 is 15.9 Å². The molecule has 5 nitrogen and oxygen atoms in total. The normalized spacial score (nSPS) is 13.3. The van der Waals surface area contributed by atoms with Gasteiger partial charge in [0, 0.05) is 6.04 Å². The van der Waals surface area contributed by atoms with E-state index in [0.717, 1.165) is 24.0 Å². The summed E-state index contributed by atoms with van der Waals surface area (Å²) in [7, 11) is -3.84. The summed E-state index contributed by atoms with van der Waals surface area (Å²) >= 11 is 0. The van der Waals surface area contributed by atoms with Crippen LogP contribution < -0.4 is 10.0 Å². The van der Waals surface area contributed by atoms with Gasteiger partial charge in [0.15, 0.2) is 0 Å². The van der Waals surface area contributed by atoms with Crippen LogP contribution in [-0.4, -0.2) is 26.4 Å². The van der Waals surface area contributed by atoms with Crippen molar-refractivity contribution in [3.05, 3.63) is 102 Å². The van der Waals surface area contributed by atoms with Crippen LogP contribution in [0.15, 0.2) is 89.8 Å². The Hall–Kier alpha value is -2.96. The minimum absolute atomic E-state index is 0.0927. The molecule has 0 saturated heterocycles. The highest BCUT2D eigenvalue weighted by atomic mass is 32.2. The number of nitrogens with one attached hydrogen (secondary N) is 2. The Bertz CT molecular complexity index is 1100. The van der Waals surface area contributed by atoms with E-state index in [9.17, 15) is 13.2 Å². The van der Waals surface area contributed by atoms with Crippen LogP contribution in [0.1, 0.15) is 30.0 Å². The lowest BCUT2D eigenvalue weighted by Crippen LogP contribution is -2.50. The van der Waals surface area contributed by atoms with Crippen molar-refractivity contribution in [2.24, 2.45) is 0 Å². The van der Waals surface area contributed by atoms with Gasteiger partial charge in [-0.05, 0) is 56.4 Å². The average Bonchev–Trinajstić information content (AvgIpc) is 2.79. The highest BCUT2D eigenvalue weighted by molar-refractivity contribution is 7.89. The summed E-state index contributed by atoms with van der Waals surface area (Å²) in [5.74, 6) is -0.329. The molecule has 0 unspecified atom stereocenters. The minimum atomic E-state index is -3.84. The highest BCUT2D eigenvalue weighted by Crippen LogP contribution is 2.13. The molecule has 0 spiro atoms. The molecule has 2 atom stereocenters. The van der Waals surface area contributed by atoms with Crippen LogP contribution in [0.25, 0.3) is 0 Å². The Morgan fingerprint density at radius 2 is 1.41 bits per heavy atom. The van der Waals surface area contributed by atoms with Gasteiger partial charge in [-0.3, -0.25) is 4.79 Å². The largest absolute Gasteiger partial charge is 0.352 e. The summed E-state index contributed by atoms with van der Waals surface area (Å²) in [6.45, 7) is 3.83. The molecule has 0 heterocycles. The SMILES string of the molecule is Cc1ccc(S(=O)(=O)N[C@@H](Cc2ccccc2)C(=O)N[C@H](C)CCc2ccccc2)cc1. The van der Waals surface area contributed by atoms with Crippen LogP contribution in [0.4, 0.5) is 0 Å². The second-order valence-corrected chi connectivity index (χ2v) is 9.82. The number of hydrogen-bond donors (Lipinski definition) is 2. The molecule has 0 aliphatic rings. The second-order valence-electron chi connectivity index (χ2n) is 8.11. The van der Waals surface area contributed by atoms with Gasteiger partial charge in [0.1, 0.15) is 6.04 Å². The number of aryl methyl sites for hydroxylation is 2. The quantitative estimate of drug-likeness (QED) is 0.490. The van der Waals surface area contributed by atoms with E-state index < -0.39 is 16.1 Å². The predicted octanol–water partition coefficient (Wildman–Crippen LogP) is 4.02. The fraction of sp³-hybridized carbons (Fsp3) is 0.269. The zero-order chi connectivity index (χ0) is 23.0. The first kappa shape index (κ1) is 23.7. The molecular weight excluding hydrogens is 420 g/mol. The van der Waals surface area contributed by atoms with E-state index in [-0.39, 0.29) is 23.3 Å². The molecule has 0 aliphatic carbocycles. The lowest BCUT2D eigenvalue weighted by Gasteiger charge is -2.22. The van der Waals surface area contributed by atoms with E-state index in [0.29, 0.717) is 0 Å². The fourth-order valence-corrected chi connectivity index (χ4v) is 4.65. The van der Waals surface area contributed by atoms with Crippen molar-refractivity contribution in [1.82, 2.24) is 10.0 Å². The third kappa shape index (κ3) is 7.04. The third-order valence-electron chi connectivity index (χ3n) is 5.33. The summed E-state index contributed by atoms with van der Waals surface area (Å²) in [5, 5.41) is 2.99. The van der Waals surface area contributed by atoms with Gasteiger partial charge >= 0.3 is 0 Å². The fourth-order valence-electron chi connectivity index (χ4n) is 3.45. The topological polar surface area (TPSA) is 75.3 Å². The highest BCUT2D eigenvalue weighted by Gasteiger charge is 2.27. The number of rotatable bonds is 10. The average molecular weight is 451 g/mol. The first-order valence-corrected chi connectivity index (χ1v) is 12.3. The molecule has 3 rings (SSSR count). The lowest BCUT2D eigenvalue weighted by molar-refractivity contribution is -0.123. The minimum Gasteiger partial charge on any atom is -0.352 e. The monoisotopic (exact) mass is 450 g/mol. The molecule has 0 aromatic heterocycles. The van der Waals surface area contributed by atoms with Crippen LogP contribution in [-0.2, 0) is 27.7 Å². The van der Waals surface area contributed by atoms with E-state index in [4.69, 9.17) is 0 Å². The van der Waals surface area contributed by atoms with Crippen LogP contribution >= 0.6 is 0 Å². The molecule has 0 aliphatic heterocycles. The van der Waals surface area contributed by atoms with Crippen LogP contribution in [0.2, 0.25) is 0 Å². The Kier molecular flexibility index (Phi) is 8.20. The maximum Gasteiger partial charge on any atom is 0.241 e. The van der Waals surface area contributed by atoms with Crippen molar-refractivity contribution in [3.63, 3.8) is 0 Å². The molecule has 3 aromatic rings. The van der Waals surface area contributed by atoms with Gasteiger partial charge < -0.3 is 5.32 Å². The number of carbonyl (C=O) groups excluding carboxylic acids is 1. The van der Waals surface area contributed by atoms with Gasteiger partial charge in [-0.1, -0.05) is 78.4 Å². The molecule has 1 amide bonds. The van der Waals surface area contributed by atoms with E-state index in [1.165, 1.54) is 5.56 Å². The molecular formula is C26H30N2O3S. The summed E-state index contributed by atoms with van der Waals surface area (Å²) in [6, 6.07) is 25.1. The summed E-state index contributed by atoms with van der Waals surface area (Å²) < 4.78 is 28.5. The molecule has 0 fully saturated rings. The third-order valence-corrected chi connectivity index (χ3v) is 6.81. The second kappa shape index (κ2) is 11.1. The maximum absolute atomic E-state index is 13.1. The molecule has 0 saturated carbocycles.